The van der Waals surface area contributed by atoms with Crippen LogP contribution < -0.4 is 10.1 Å². The minimum Gasteiger partial charge on any atom is -0.497 e. The Labute approximate surface area is 153 Å². The number of hydrogen-bond acceptors (Lipinski definition) is 5. The molecular weight excluding hydrogens is 384 g/mol. The van der Waals surface area contributed by atoms with Gasteiger partial charge in [0.25, 0.3) is 5.91 Å². The van der Waals surface area contributed by atoms with Crippen molar-refractivity contribution in [2.45, 2.75) is 6.92 Å². The van der Waals surface area contributed by atoms with E-state index in [9.17, 15) is 4.79 Å². The number of nitrogens with zero attached hydrogens (tertiary/aromatic N) is 3. The summed E-state index contributed by atoms with van der Waals surface area (Å²) >= 11 is 3.46. The van der Waals surface area contributed by atoms with Crippen LogP contribution in [0.25, 0.3) is 11.1 Å². The number of amides is 1. The fourth-order valence-electron chi connectivity index (χ4n) is 2.18. The lowest BCUT2D eigenvalue weighted by Gasteiger charge is -2.08. The van der Waals surface area contributed by atoms with Crippen LogP contribution in [0.15, 0.2) is 53.4 Å². The normalized spacial score (nSPS) is 10.4. The summed E-state index contributed by atoms with van der Waals surface area (Å²) < 4.78 is 6.19. The Morgan fingerprint density at radius 3 is 2.44 bits per heavy atom. The first-order valence-electron chi connectivity index (χ1n) is 7.46. The van der Waals surface area contributed by atoms with E-state index in [4.69, 9.17) is 4.74 Å². The van der Waals surface area contributed by atoms with Gasteiger partial charge in [-0.05, 0) is 42.8 Å². The van der Waals surface area contributed by atoms with Gasteiger partial charge in [0, 0.05) is 28.6 Å². The molecule has 25 heavy (non-hydrogen) atoms. The van der Waals surface area contributed by atoms with E-state index < -0.39 is 0 Å². The number of aryl methyl sites for hydroxylation is 1. The number of anilines is 1. The van der Waals surface area contributed by atoms with Gasteiger partial charge in [0.15, 0.2) is 0 Å². The van der Waals surface area contributed by atoms with Crippen LogP contribution in [0.5, 0.6) is 5.75 Å². The van der Waals surface area contributed by atoms with Crippen LogP contribution in [0.2, 0.25) is 0 Å². The lowest BCUT2D eigenvalue weighted by molar-refractivity contribution is 0.102. The smallest absolute Gasteiger partial charge is 0.259 e. The monoisotopic (exact) mass is 398 g/mol. The predicted octanol–water partition coefficient (Wildman–Crippen LogP) is 3.87. The van der Waals surface area contributed by atoms with Crippen LogP contribution in [-0.2, 0) is 0 Å². The van der Waals surface area contributed by atoms with Crippen LogP contribution in [0.1, 0.15) is 16.2 Å². The lowest BCUT2D eigenvalue weighted by Crippen LogP contribution is -2.13. The van der Waals surface area contributed by atoms with Crippen molar-refractivity contribution < 1.29 is 9.53 Å². The highest BCUT2D eigenvalue weighted by molar-refractivity contribution is 9.10. The molecule has 1 amide bonds. The molecule has 1 aromatic carbocycles. The summed E-state index contributed by atoms with van der Waals surface area (Å²) in [6.45, 7) is 1.76. The van der Waals surface area contributed by atoms with Crippen molar-refractivity contribution in [2.75, 3.05) is 12.4 Å². The molecule has 0 spiro atoms. The van der Waals surface area contributed by atoms with E-state index in [0.29, 0.717) is 17.2 Å². The Kier molecular flexibility index (Phi) is 5.04. The first-order chi connectivity index (χ1) is 12.0. The van der Waals surface area contributed by atoms with Crippen LogP contribution in [0.4, 0.5) is 5.82 Å². The number of halogens is 1. The van der Waals surface area contributed by atoms with Gasteiger partial charge < -0.3 is 10.1 Å². The Morgan fingerprint density at radius 1 is 1.04 bits per heavy atom. The highest BCUT2D eigenvalue weighted by Gasteiger charge is 2.09. The van der Waals surface area contributed by atoms with Gasteiger partial charge in [-0.15, -0.1) is 0 Å². The molecule has 3 rings (SSSR count). The molecule has 6 nitrogen and oxygen atoms in total. The second-order valence-electron chi connectivity index (χ2n) is 5.28. The van der Waals surface area contributed by atoms with Crippen molar-refractivity contribution in [1.82, 2.24) is 15.0 Å². The zero-order valence-electron chi connectivity index (χ0n) is 13.7. The van der Waals surface area contributed by atoms with E-state index in [2.05, 4.69) is 36.2 Å². The minimum absolute atomic E-state index is 0.302. The Morgan fingerprint density at radius 2 is 1.80 bits per heavy atom. The van der Waals surface area contributed by atoms with E-state index in [1.807, 2.05) is 24.3 Å². The van der Waals surface area contributed by atoms with Crippen molar-refractivity contribution in [2.24, 2.45) is 0 Å². The van der Waals surface area contributed by atoms with Gasteiger partial charge in [-0.2, -0.15) is 0 Å². The maximum Gasteiger partial charge on any atom is 0.259 e. The largest absolute Gasteiger partial charge is 0.497 e. The molecular formula is C18H15BrN4O2. The predicted molar refractivity (Wildman–Crippen MR) is 98.6 cm³/mol. The second kappa shape index (κ2) is 7.40. The number of carbonyl (C=O) groups is 1. The lowest BCUT2D eigenvalue weighted by atomic mass is 10.1. The summed E-state index contributed by atoms with van der Waals surface area (Å²) in [5.74, 6) is 1.52. The number of benzene rings is 1. The summed E-state index contributed by atoms with van der Waals surface area (Å²) in [7, 11) is 1.62. The molecule has 0 aliphatic rings. The molecule has 3 aromatic rings. The fourth-order valence-corrected chi connectivity index (χ4v) is 2.66. The van der Waals surface area contributed by atoms with Crippen molar-refractivity contribution in [1.29, 1.82) is 0 Å². The average molecular weight is 399 g/mol. The van der Waals surface area contributed by atoms with Gasteiger partial charge in [0.05, 0.1) is 12.7 Å². The Bertz CT molecular complexity index is 896. The quantitative estimate of drug-likeness (QED) is 0.721. The van der Waals surface area contributed by atoms with Gasteiger partial charge in [0.2, 0.25) is 0 Å². The summed E-state index contributed by atoms with van der Waals surface area (Å²) in [5.41, 5.74) is 2.26. The maximum atomic E-state index is 12.2. The standard InChI is InChI=1S/C18H15BrN4O2/c1-11-20-9-14(10-21-11)18(24)23-17-4-3-12(8-22-17)13-5-15(19)7-16(6-13)25-2/h3-10H,1-2H3,(H,22,23,24). The summed E-state index contributed by atoms with van der Waals surface area (Å²) in [6.07, 6.45) is 4.67. The first-order valence-corrected chi connectivity index (χ1v) is 8.25. The van der Waals surface area contributed by atoms with Gasteiger partial charge in [-0.3, -0.25) is 4.79 Å². The molecule has 2 aromatic heterocycles. The van der Waals surface area contributed by atoms with E-state index in [1.165, 1.54) is 12.4 Å². The molecule has 1 N–H and O–H groups in total. The molecule has 0 saturated carbocycles. The highest BCUT2D eigenvalue weighted by atomic mass is 79.9. The van der Waals surface area contributed by atoms with Gasteiger partial charge in [-0.1, -0.05) is 15.9 Å². The van der Waals surface area contributed by atoms with E-state index in [1.54, 1.807) is 26.3 Å². The van der Waals surface area contributed by atoms with E-state index >= 15 is 0 Å². The number of methoxy groups -OCH3 is 1. The van der Waals surface area contributed by atoms with Gasteiger partial charge in [0.1, 0.15) is 17.4 Å². The fraction of sp³-hybridized carbons (Fsp3) is 0.111. The van der Waals surface area contributed by atoms with Crippen molar-refractivity contribution in [3.05, 3.63) is 64.8 Å². The van der Waals surface area contributed by atoms with Crippen molar-refractivity contribution >= 4 is 27.7 Å². The molecule has 0 unspecified atom stereocenters. The van der Waals surface area contributed by atoms with Gasteiger partial charge >= 0.3 is 0 Å². The van der Waals surface area contributed by atoms with Gasteiger partial charge in [-0.25, -0.2) is 15.0 Å². The topological polar surface area (TPSA) is 77.0 Å². The molecule has 0 saturated heterocycles. The number of ether oxygens (including phenoxy) is 1. The number of aromatic nitrogens is 3. The van der Waals surface area contributed by atoms with Crippen molar-refractivity contribution in [3.63, 3.8) is 0 Å². The third-order valence-corrected chi connectivity index (χ3v) is 3.95. The summed E-state index contributed by atoms with van der Waals surface area (Å²) in [5, 5.41) is 2.73. The number of pyridine rings is 1. The van der Waals surface area contributed by atoms with E-state index in [0.717, 1.165) is 21.3 Å². The number of nitrogens with one attached hydrogen (secondary N) is 1. The zero-order valence-corrected chi connectivity index (χ0v) is 15.2. The van der Waals surface area contributed by atoms with Crippen LogP contribution in [-0.4, -0.2) is 28.0 Å². The zero-order chi connectivity index (χ0) is 17.8. The molecule has 0 bridgehead atoms. The number of carbonyl (C=O) groups excluding carboxylic acids is 1. The Balaban J connectivity index is 1.77. The summed E-state index contributed by atoms with van der Waals surface area (Å²) in [6, 6.07) is 9.41. The average Bonchev–Trinajstić information content (AvgIpc) is 2.62. The molecule has 0 fully saturated rings. The molecule has 7 heteroatoms. The molecule has 0 aliphatic heterocycles. The maximum absolute atomic E-state index is 12.2. The van der Waals surface area contributed by atoms with Crippen LogP contribution in [0.3, 0.4) is 0 Å². The summed E-state index contributed by atoms with van der Waals surface area (Å²) in [4.78, 5) is 24.5. The first kappa shape index (κ1) is 17.0. The SMILES string of the molecule is COc1cc(Br)cc(-c2ccc(NC(=O)c3cnc(C)nc3)nc2)c1. The molecule has 2 heterocycles. The molecule has 0 radical (unpaired) electrons. The third-order valence-electron chi connectivity index (χ3n) is 3.49. The second-order valence-corrected chi connectivity index (χ2v) is 6.20. The molecule has 0 atom stereocenters. The third kappa shape index (κ3) is 4.19. The Hall–Kier alpha value is -2.80. The van der Waals surface area contributed by atoms with E-state index in [-0.39, 0.29) is 5.91 Å². The number of rotatable bonds is 4. The van der Waals surface area contributed by atoms with Crippen LogP contribution >= 0.6 is 15.9 Å². The highest BCUT2D eigenvalue weighted by Crippen LogP contribution is 2.28. The molecule has 0 aliphatic carbocycles. The minimum atomic E-state index is -0.302. The number of hydrogen-bond donors (Lipinski definition) is 1. The molecule has 126 valence electrons. The van der Waals surface area contributed by atoms with Crippen molar-refractivity contribution in [3.8, 4) is 16.9 Å². The van der Waals surface area contributed by atoms with Crippen LogP contribution in [0, 0.1) is 6.92 Å².